The summed E-state index contributed by atoms with van der Waals surface area (Å²) < 4.78 is 16.4. The molecule has 1 unspecified atom stereocenters. The Balaban J connectivity index is 1.61. The van der Waals surface area contributed by atoms with Crippen molar-refractivity contribution < 1.29 is 23.8 Å². The molecular weight excluding hydrogens is 360 g/mol. The molecule has 2 amide bonds. The zero-order valence-corrected chi connectivity index (χ0v) is 16.6. The van der Waals surface area contributed by atoms with Crippen LogP contribution in [0, 0.1) is 5.92 Å². The Morgan fingerprint density at radius 2 is 2.11 bits per heavy atom. The van der Waals surface area contributed by atoms with Gasteiger partial charge in [0.2, 0.25) is 5.91 Å². The fourth-order valence-corrected chi connectivity index (χ4v) is 4.26. The van der Waals surface area contributed by atoms with E-state index in [0.717, 1.165) is 13.0 Å². The molecule has 3 fully saturated rings. The third-order valence-electron chi connectivity index (χ3n) is 6.10. The summed E-state index contributed by atoms with van der Waals surface area (Å²) in [7, 11) is 3.12. The van der Waals surface area contributed by atoms with Gasteiger partial charge in [0.05, 0.1) is 31.9 Å². The number of carbonyl (C=O) groups excluding carboxylic acids is 2. The molecule has 0 radical (unpaired) electrons. The number of hydrogen-bond acceptors (Lipinski definition) is 5. The van der Waals surface area contributed by atoms with Crippen molar-refractivity contribution in [1.29, 1.82) is 0 Å². The maximum absolute atomic E-state index is 13.4. The van der Waals surface area contributed by atoms with Crippen LogP contribution >= 0.6 is 0 Å². The zero-order valence-electron chi connectivity index (χ0n) is 16.6. The van der Waals surface area contributed by atoms with Crippen molar-refractivity contribution in [3.8, 4) is 11.5 Å². The number of hydrogen-bond donors (Lipinski definition) is 0. The third-order valence-corrected chi connectivity index (χ3v) is 6.10. The molecular formula is C21H28N2O5. The van der Waals surface area contributed by atoms with Gasteiger partial charge >= 0.3 is 0 Å². The van der Waals surface area contributed by atoms with Gasteiger partial charge in [-0.25, -0.2) is 0 Å². The van der Waals surface area contributed by atoms with Crippen molar-refractivity contribution in [2.75, 3.05) is 47.1 Å². The summed E-state index contributed by atoms with van der Waals surface area (Å²) in [5, 5.41) is 0. The highest BCUT2D eigenvalue weighted by atomic mass is 16.5. The van der Waals surface area contributed by atoms with E-state index in [0.29, 0.717) is 55.7 Å². The second-order valence-corrected chi connectivity index (χ2v) is 8.02. The molecule has 0 bridgehead atoms. The predicted octanol–water partition coefficient (Wildman–Crippen LogP) is 1.95. The first-order valence-electron chi connectivity index (χ1n) is 9.96. The third kappa shape index (κ3) is 3.55. The molecule has 1 aromatic carbocycles. The van der Waals surface area contributed by atoms with Crippen LogP contribution < -0.4 is 9.47 Å². The molecule has 1 aliphatic carbocycles. The SMILES string of the molecule is COc1ccc(C(=O)N2CCC(=O)N(CC3CC3)C3(CCOC3)C2)c(OC)c1. The van der Waals surface area contributed by atoms with Crippen LogP contribution in [0.3, 0.4) is 0 Å². The molecule has 3 aliphatic rings. The molecule has 2 aliphatic heterocycles. The van der Waals surface area contributed by atoms with Crippen molar-refractivity contribution >= 4 is 11.8 Å². The first-order valence-corrected chi connectivity index (χ1v) is 9.96. The van der Waals surface area contributed by atoms with E-state index in [2.05, 4.69) is 0 Å². The van der Waals surface area contributed by atoms with E-state index >= 15 is 0 Å². The van der Waals surface area contributed by atoms with Crippen molar-refractivity contribution in [2.45, 2.75) is 31.2 Å². The quantitative estimate of drug-likeness (QED) is 0.771. The Kier molecular flexibility index (Phi) is 5.19. The van der Waals surface area contributed by atoms with Crippen LogP contribution in [0.2, 0.25) is 0 Å². The van der Waals surface area contributed by atoms with Gasteiger partial charge in [-0.2, -0.15) is 0 Å². The van der Waals surface area contributed by atoms with Gasteiger partial charge in [0.25, 0.3) is 5.91 Å². The van der Waals surface area contributed by atoms with E-state index in [1.54, 1.807) is 37.3 Å². The minimum atomic E-state index is -0.411. The number of rotatable bonds is 5. The number of ether oxygens (including phenoxy) is 3. The van der Waals surface area contributed by atoms with E-state index in [1.807, 2.05) is 4.90 Å². The number of nitrogens with zero attached hydrogens (tertiary/aromatic N) is 2. The molecule has 1 aromatic rings. The average molecular weight is 388 g/mol. The van der Waals surface area contributed by atoms with Crippen LogP contribution in [-0.4, -0.2) is 74.2 Å². The van der Waals surface area contributed by atoms with Crippen molar-refractivity contribution in [1.82, 2.24) is 9.80 Å². The Morgan fingerprint density at radius 1 is 1.29 bits per heavy atom. The first-order chi connectivity index (χ1) is 13.6. The van der Waals surface area contributed by atoms with Gasteiger partial charge in [-0.05, 0) is 37.3 Å². The minimum absolute atomic E-state index is 0.119. The van der Waals surface area contributed by atoms with E-state index in [9.17, 15) is 9.59 Å². The Labute approximate surface area is 165 Å². The van der Waals surface area contributed by atoms with Crippen molar-refractivity contribution in [3.63, 3.8) is 0 Å². The molecule has 0 aromatic heterocycles. The average Bonchev–Trinajstić information content (AvgIpc) is 3.45. The molecule has 1 saturated carbocycles. The summed E-state index contributed by atoms with van der Waals surface area (Å²) >= 11 is 0. The van der Waals surface area contributed by atoms with Gasteiger partial charge in [-0.15, -0.1) is 0 Å². The molecule has 28 heavy (non-hydrogen) atoms. The molecule has 0 N–H and O–H groups in total. The van der Waals surface area contributed by atoms with Crippen LogP contribution in [0.15, 0.2) is 18.2 Å². The van der Waals surface area contributed by atoms with Gasteiger partial charge in [0, 0.05) is 38.7 Å². The van der Waals surface area contributed by atoms with Crippen LogP contribution in [-0.2, 0) is 9.53 Å². The molecule has 1 spiro atoms. The maximum Gasteiger partial charge on any atom is 0.257 e. The summed E-state index contributed by atoms with van der Waals surface area (Å²) in [5.74, 6) is 1.73. The summed E-state index contributed by atoms with van der Waals surface area (Å²) in [5.41, 5.74) is 0.0754. The van der Waals surface area contributed by atoms with E-state index < -0.39 is 5.54 Å². The van der Waals surface area contributed by atoms with Crippen LogP contribution in [0.25, 0.3) is 0 Å². The molecule has 4 rings (SSSR count). The smallest absolute Gasteiger partial charge is 0.257 e. The Morgan fingerprint density at radius 3 is 2.75 bits per heavy atom. The lowest BCUT2D eigenvalue weighted by molar-refractivity contribution is -0.136. The zero-order chi connectivity index (χ0) is 19.7. The molecule has 7 nitrogen and oxygen atoms in total. The second kappa shape index (κ2) is 7.62. The highest BCUT2D eigenvalue weighted by molar-refractivity contribution is 5.97. The summed E-state index contributed by atoms with van der Waals surface area (Å²) in [6.45, 7) is 2.82. The largest absolute Gasteiger partial charge is 0.497 e. The van der Waals surface area contributed by atoms with Gasteiger partial charge in [-0.3, -0.25) is 9.59 Å². The van der Waals surface area contributed by atoms with Crippen LogP contribution in [0.1, 0.15) is 36.0 Å². The van der Waals surface area contributed by atoms with Crippen molar-refractivity contribution in [2.24, 2.45) is 5.92 Å². The summed E-state index contributed by atoms with van der Waals surface area (Å²) in [4.78, 5) is 30.1. The first kappa shape index (κ1) is 19.1. The fourth-order valence-electron chi connectivity index (χ4n) is 4.26. The van der Waals surface area contributed by atoms with Gasteiger partial charge < -0.3 is 24.0 Å². The van der Waals surface area contributed by atoms with E-state index in [4.69, 9.17) is 14.2 Å². The van der Waals surface area contributed by atoms with Gasteiger partial charge in [-0.1, -0.05) is 0 Å². The lowest BCUT2D eigenvalue weighted by Gasteiger charge is -2.40. The van der Waals surface area contributed by atoms with E-state index in [1.165, 1.54) is 12.8 Å². The Hall–Kier alpha value is -2.28. The summed E-state index contributed by atoms with van der Waals surface area (Å²) in [6, 6.07) is 5.20. The molecule has 2 heterocycles. The normalized spacial score (nSPS) is 25.1. The second-order valence-electron chi connectivity index (χ2n) is 8.02. The van der Waals surface area contributed by atoms with Crippen molar-refractivity contribution in [3.05, 3.63) is 23.8 Å². The molecule has 152 valence electrons. The highest BCUT2D eigenvalue weighted by Crippen LogP contribution is 2.37. The maximum atomic E-state index is 13.4. The summed E-state index contributed by atoms with van der Waals surface area (Å²) in [6.07, 6.45) is 3.49. The monoisotopic (exact) mass is 388 g/mol. The standard InChI is InChI=1S/C21H28N2O5/c1-26-16-5-6-17(18(11-16)27-2)20(25)22-9-7-19(24)23(12-15-3-4-15)21(13-22)8-10-28-14-21/h5-6,11,15H,3-4,7-10,12-14H2,1-2H3. The molecule has 1 atom stereocenters. The number of carbonyl (C=O) groups is 2. The lowest BCUT2D eigenvalue weighted by atomic mass is 9.94. The topological polar surface area (TPSA) is 68.3 Å². The fraction of sp³-hybridized carbons (Fsp3) is 0.619. The van der Waals surface area contributed by atoms with Crippen LogP contribution in [0.4, 0.5) is 0 Å². The number of benzene rings is 1. The Bertz CT molecular complexity index is 755. The van der Waals surface area contributed by atoms with Crippen LogP contribution in [0.5, 0.6) is 11.5 Å². The lowest BCUT2D eigenvalue weighted by Crippen LogP contribution is -2.57. The predicted molar refractivity (Wildman–Crippen MR) is 103 cm³/mol. The number of amides is 2. The minimum Gasteiger partial charge on any atom is -0.497 e. The molecule has 7 heteroatoms. The number of methoxy groups -OCH3 is 2. The van der Waals surface area contributed by atoms with Gasteiger partial charge in [0.1, 0.15) is 11.5 Å². The van der Waals surface area contributed by atoms with Gasteiger partial charge in [0.15, 0.2) is 0 Å². The highest BCUT2D eigenvalue weighted by Gasteiger charge is 2.48. The molecule has 2 saturated heterocycles. The van der Waals surface area contributed by atoms with E-state index in [-0.39, 0.29) is 11.8 Å².